The molecule has 0 aliphatic heterocycles. The van der Waals surface area contributed by atoms with E-state index in [0.717, 1.165) is 0 Å². The first-order valence-corrected chi connectivity index (χ1v) is 4.17. The van der Waals surface area contributed by atoms with Gasteiger partial charge in [-0.1, -0.05) is 13.8 Å². The second-order valence-corrected chi connectivity index (χ2v) is 3.02. The largest absolute Gasteiger partial charge is 0.548 e. The highest BCUT2D eigenvalue weighted by atomic mass is 16.4. The van der Waals surface area contributed by atoms with Gasteiger partial charge in [0.1, 0.15) is 0 Å². The Morgan fingerprint density at radius 3 is 2.14 bits per heavy atom. The van der Waals surface area contributed by atoms with Gasteiger partial charge in [-0.2, -0.15) is 0 Å². The first-order chi connectivity index (χ1) is 6.43. The highest BCUT2D eigenvalue weighted by molar-refractivity contribution is 5.86. The molecule has 0 fully saturated rings. The summed E-state index contributed by atoms with van der Waals surface area (Å²) in [7, 11) is 0. The minimum atomic E-state index is -1.37. The van der Waals surface area contributed by atoms with Gasteiger partial charge in [-0.05, 0) is 0 Å². The van der Waals surface area contributed by atoms with Crippen molar-refractivity contribution in [3.05, 3.63) is 0 Å². The van der Waals surface area contributed by atoms with Gasteiger partial charge in [-0.15, -0.1) is 0 Å². The number of carbonyl (C=O) groups excluding carboxylic acids is 3. The molecule has 14 heavy (non-hydrogen) atoms. The first kappa shape index (κ1) is 12.4. The molecule has 2 amide bonds. The van der Waals surface area contributed by atoms with E-state index < -0.39 is 18.4 Å². The molecule has 2 N–H and O–H groups in total. The summed E-state index contributed by atoms with van der Waals surface area (Å²) >= 11 is 0. The van der Waals surface area contributed by atoms with Crippen molar-refractivity contribution < 1.29 is 19.5 Å². The van der Waals surface area contributed by atoms with Gasteiger partial charge in [0.25, 0.3) is 0 Å². The first-order valence-electron chi connectivity index (χ1n) is 4.17. The highest BCUT2D eigenvalue weighted by Crippen LogP contribution is 1.88. The van der Waals surface area contributed by atoms with E-state index in [1.54, 1.807) is 13.8 Å². The van der Waals surface area contributed by atoms with Gasteiger partial charge in [-0.3, -0.25) is 9.59 Å². The molecular formula is C8H13N2O4-. The molecule has 0 bridgehead atoms. The van der Waals surface area contributed by atoms with Crippen LogP contribution in [-0.4, -0.2) is 30.9 Å². The number of rotatable bonds is 5. The van der Waals surface area contributed by atoms with Crippen LogP contribution >= 0.6 is 0 Å². The van der Waals surface area contributed by atoms with Crippen molar-refractivity contribution >= 4 is 17.8 Å². The van der Waals surface area contributed by atoms with Gasteiger partial charge in [0.05, 0.1) is 19.1 Å². The van der Waals surface area contributed by atoms with E-state index in [1.807, 2.05) is 0 Å². The van der Waals surface area contributed by atoms with Crippen molar-refractivity contribution in [3.63, 3.8) is 0 Å². The number of carbonyl (C=O) groups is 3. The van der Waals surface area contributed by atoms with E-state index in [2.05, 4.69) is 10.6 Å². The Kier molecular flexibility index (Phi) is 5.28. The zero-order valence-corrected chi connectivity index (χ0v) is 8.12. The molecule has 0 aliphatic carbocycles. The summed E-state index contributed by atoms with van der Waals surface area (Å²) in [5.74, 6) is -2.38. The monoisotopic (exact) mass is 201 g/mol. The molecule has 0 saturated carbocycles. The molecule has 0 aromatic rings. The SMILES string of the molecule is CC(C)C(=O)NCC(=O)NCC(=O)[O-]. The van der Waals surface area contributed by atoms with Crippen LogP contribution in [0.1, 0.15) is 13.8 Å². The number of nitrogens with one attached hydrogen (secondary N) is 2. The second-order valence-electron chi connectivity index (χ2n) is 3.02. The molecule has 0 aromatic carbocycles. The normalized spacial score (nSPS) is 9.64. The van der Waals surface area contributed by atoms with E-state index in [1.165, 1.54) is 0 Å². The van der Waals surface area contributed by atoms with Crippen LogP contribution < -0.4 is 15.7 Å². The minimum absolute atomic E-state index is 0.205. The van der Waals surface area contributed by atoms with Crippen LogP contribution in [0, 0.1) is 5.92 Å². The Balaban J connectivity index is 3.64. The van der Waals surface area contributed by atoms with Crippen LogP contribution in [0.3, 0.4) is 0 Å². The van der Waals surface area contributed by atoms with Crippen molar-refractivity contribution in [2.24, 2.45) is 5.92 Å². The summed E-state index contributed by atoms with van der Waals surface area (Å²) in [5.41, 5.74) is 0. The lowest BCUT2D eigenvalue weighted by Gasteiger charge is -2.08. The smallest absolute Gasteiger partial charge is 0.239 e. The number of carboxylic acids is 1. The molecule has 0 heterocycles. The molecule has 0 atom stereocenters. The minimum Gasteiger partial charge on any atom is -0.548 e. The third-order valence-corrected chi connectivity index (χ3v) is 1.38. The van der Waals surface area contributed by atoms with Crippen LogP contribution in [0.5, 0.6) is 0 Å². The quantitative estimate of drug-likeness (QED) is 0.519. The summed E-state index contributed by atoms with van der Waals surface area (Å²) in [6.07, 6.45) is 0. The van der Waals surface area contributed by atoms with Crippen molar-refractivity contribution in [1.29, 1.82) is 0 Å². The molecule has 80 valence electrons. The zero-order valence-electron chi connectivity index (χ0n) is 8.12. The lowest BCUT2D eigenvalue weighted by molar-refractivity contribution is -0.304. The summed E-state index contributed by atoms with van der Waals surface area (Å²) in [6, 6.07) is 0. The maximum absolute atomic E-state index is 11.0. The average molecular weight is 201 g/mol. The van der Waals surface area contributed by atoms with E-state index in [9.17, 15) is 19.5 Å². The lowest BCUT2D eigenvalue weighted by atomic mass is 10.2. The Morgan fingerprint density at radius 1 is 1.14 bits per heavy atom. The van der Waals surface area contributed by atoms with E-state index >= 15 is 0 Å². The van der Waals surface area contributed by atoms with Gasteiger partial charge >= 0.3 is 0 Å². The van der Waals surface area contributed by atoms with Gasteiger partial charge in [0.2, 0.25) is 11.8 Å². The van der Waals surface area contributed by atoms with Crippen LogP contribution in [0.25, 0.3) is 0 Å². The van der Waals surface area contributed by atoms with E-state index in [4.69, 9.17) is 0 Å². The molecule has 0 spiro atoms. The van der Waals surface area contributed by atoms with E-state index in [-0.39, 0.29) is 18.4 Å². The van der Waals surface area contributed by atoms with Gasteiger partial charge in [-0.25, -0.2) is 0 Å². The highest BCUT2D eigenvalue weighted by Gasteiger charge is 2.07. The van der Waals surface area contributed by atoms with Crippen molar-refractivity contribution in [2.45, 2.75) is 13.8 Å². The number of carboxylic acid groups (broad SMARTS) is 1. The molecule has 6 heteroatoms. The lowest BCUT2D eigenvalue weighted by Crippen LogP contribution is -2.43. The number of hydrogen-bond donors (Lipinski definition) is 2. The molecule has 6 nitrogen and oxygen atoms in total. The Labute approximate surface area is 81.7 Å². The summed E-state index contributed by atoms with van der Waals surface area (Å²) in [5, 5.41) is 14.3. The zero-order chi connectivity index (χ0) is 11.1. The fourth-order valence-corrected chi connectivity index (χ4v) is 0.605. The molecule has 0 aliphatic rings. The number of hydrogen-bond acceptors (Lipinski definition) is 4. The van der Waals surface area contributed by atoms with Gasteiger partial charge in [0.15, 0.2) is 0 Å². The fourth-order valence-electron chi connectivity index (χ4n) is 0.605. The molecular weight excluding hydrogens is 188 g/mol. The molecule has 0 saturated heterocycles. The van der Waals surface area contributed by atoms with Crippen LogP contribution in [0.2, 0.25) is 0 Å². The van der Waals surface area contributed by atoms with Crippen molar-refractivity contribution in [2.75, 3.05) is 13.1 Å². The molecule has 0 radical (unpaired) electrons. The number of aliphatic carboxylic acids is 1. The standard InChI is InChI=1S/C8H14N2O4/c1-5(2)8(14)10-3-6(11)9-4-7(12)13/h5H,3-4H2,1-2H3,(H,9,11)(H,10,14)(H,12,13)/p-1. The second kappa shape index (κ2) is 5.95. The summed E-state index contributed by atoms with van der Waals surface area (Å²) in [4.78, 5) is 31.8. The third-order valence-electron chi connectivity index (χ3n) is 1.38. The maximum atomic E-state index is 11.0. The van der Waals surface area contributed by atoms with Gasteiger partial charge in [0, 0.05) is 5.92 Å². The van der Waals surface area contributed by atoms with Gasteiger partial charge < -0.3 is 20.5 Å². The number of amides is 2. The maximum Gasteiger partial charge on any atom is 0.239 e. The topological polar surface area (TPSA) is 98.3 Å². The Hall–Kier alpha value is -1.59. The van der Waals surface area contributed by atoms with Crippen LogP contribution in [-0.2, 0) is 14.4 Å². The predicted octanol–water partition coefficient (Wildman–Crippen LogP) is -2.38. The third kappa shape index (κ3) is 5.99. The predicted molar refractivity (Wildman–Crippen MR) is 45.9 cm³/mol. The molecule has 0 rings (SSSR count). The van der Waals surface area contributed by atoms with Crippen molar-refractivity contribution in [3.8, 4) is 0 Å². The average Bonchev–Trinajstić information content (AvgIpc) is 2.10. The Bertz CT molecular complexity index is 237. The summed E-state index contributed by atoms with van der Waals surface area (Å²) < 4.78 is 0. The Morgan fingerprint density at radius 2 is 1.71 bits per heavy atom. The van der Waals surface area contributed by atoms with Crippen LogP contribution in [0.15, 0.2) is 0 Å². The van der Waals surface area contributed by atoms with E-state index in [0.29, 0.717) is 0 Å². The molecule has 0 unspecified atom stereocenters. The fraction of sp³-hybridized carbons (Fsp3) is 0.625. The summed E-state index contributed by atoms with van der Waals surface area (Å²) in [6.45, 7) is 2.61. The van der Waals surface area contributed by atoms with Crippen molar-refractivity contribution in [1.82, 2.24) is 10.6 Å². The van der Waals surface area contributed by atoms with Crippen LogP contribution in [0.4, 0.5) is 0 Å². The molecule has 0 aromatic heterocycles.